The van der Waals surface area contributed by atoms with E-state index in [2.05, 4.69) is 12.4 Å². The van der Waals surface area contributed by atoms with Crippen molar-refractivity contribution in [2.45, 2.75) is 31.7 Å². The summed E-state index contributed by atoms with van der Waals surface area (Å²) in [6, 6.07) is 0.878. The Bertz CT molecular complexity index is 111. The molecule has 1 nitrogen and oxygen atoms in total. The number of fused-ring (bicyclic) bond motifs is 1. The Balaban J connectivity index is 1.93. The predicted octanol–water partition coefficient (Wildman–Crippen LogP) is 1.39. The summed E-state index contributed by atoms with van der Waals surface area (Å²) in [6.45, 7) is 0. The molecule has 0 amide bonds. The zero-order valence-electron chi connectivity index (χ0n) is 6.06. The van der Waals surface area contributed by atoms with Gasteiger partial charge in [0, 0.05) is 6.04 Å². The van der Waals surface area contributed by atoms with E-state index in [0.29, 0.717) is 0 Å². The second-order valence-electron chi connectivity index (χ2n) is 3.49. The number of hydrogen-bond acceptors (Lipinski definition) is 1. The Labute approximate surface area is 56.8 Å². The molecule has 0 heterocycles. The van der Waals surface area contributed by atoms with Crippen molar-refractivity contribution in [3.05, 3.63) is 0 Å². The summed E-state index contributed by atoms with van der Waals surface area (Å²) in [5.41, 5.74) is 0. The molecule has 3 atom stereocenters. The van der Waals surface area contributed by atoms with Gasteiger partial charge in [-0.2, -0.15) is 0 Å². The zero-order valence-corrected chi connectivity index (χ0v) is 6.06. The van der Waals surface area contributed by atoms with E-state index in [9.17, 15) is 0 Å². The topological polar surface area (TPSA) is 12.0 Å². The van der Waals surface area contributed by atoms with Crippen LogP contribution in [0.2, 0.25) is 0 Å². The van der Waals surface area contributed by atoms with Gasteiger partial charge >= 0.3 is 0 Å². The van der Waals surface area contributed by atoms with Crippen LogP contribution in [-0.2, 0) is 0 Å². The molecule has 52 valence electrons. The van der Waals surface area contributed by atoms with Crippen LogP contribution in [0.25, 0.3) is 0 Å². The fraction of sp³-hybridized carbons (Fsp3) is 1.00. The molecular formula is C8H15N. The van der Waals surface area contributed by atoms with Crippen LogP contribution in [-0.4, -0.2) is 13.1 Å². The molecule has 0 bridgehead atoms. The third-order valence-electron chi connectivity index (χ3n) is 2.95. The van der Waals surface area contributed by atoms with Crippen LogP contribution < -0.4 is 5.32 Å². The van der Waals surface area contributed by atoms with Crippen molar-refractivity contribution in [1.29, 1.82) is 0 Å². The van der Waals surface area contributed by atoms with E-state index < -0.39 is 0 Å². The molecule has 1 heteroatoms. The lowest BCUT2D eigenvalue weighted by atomic mass is 9.96. The normalized spacial score (nSPS) is 48.3. The molecule has 2 aliphatic rings. The molecule has 0 aromatic rings. The predicted molar refractivity (Wildman–Crippen MR) is 38.3 cm³/mol. The van der Waals surface area contributed by atoms with E-state index in [1.54, 1.807) is 0 Å². The van der Waals surface area contributed by atoms with E-state index in [1.165, 1.54) is 25.7 Å². The monoisotopic (exact) mass is 125 g/mol. The standard InChI is InChI=1S/C8H15N/c1-9-8-4-2-3-6-5-7(6)8/h6-9H,2-5H2,1H3/t6-,7+,8?/m1/s1. The molecule has 1 N–H and O–H groups in total. The third kappa shape index (κ3) is 0.877. The maximum absolute atomic E-state index is 3.40. The second-order valence-corrected chi connectivity index (χ2v) is 3.49. The van der Waals surface area contributed by atoms with Crippen LogP contribution in [0.4, 0.5) is 0 Å². The van der Waals surface area contributed by atoms with E-state index in [1.807, 2.05) is 0 Å². The molecule has 0 aromatic carbocycles. The summed E-state index contributed by atoms with van der Waals surface area (Å²) in [7, 11) is 2.10. The average Bonchev–Trinajstić information content (AvgIpc) is 2.64. The quantitative estimate of drug-likeness (QED) is 0.558. The van der Waals surface area contributed by atoms with Crippen molar-refractivity contribution in [2.24, 2.45) is 11.8 Å². The van der Waals surface area contributed by atoms with Crippen LogP contribution in [0.1, 0.15) is 25.7 Å². The highest BCUT2D eigenvalue weighted by Crippen LogP contribution is 2.49. The molecule has 0 radical (unpaired) electrons. The number of rotatable bonds is 1. The van der Waals surface area contributed by atoms with Crippen LogP contribution >= 0.6 is 0 Å². The Hall–Kier alpha value is -0.0400. The summed E-state index contributed by atoms with van der Waals surface area (Å²) in [5.74, 6) is 2.19. The average molecular weight is 125 g/mol. The highest BCUT2D eigenvalue weighted by atomic mass is 14.9. The Morgan fingerprint density at radius 2 is 2.22 bits per heavy atom. The van der Waals surface area contributed by atoms with Crippen molar-refractivity contribution in [2.75, 3.05) is 7.05 Å². The molecule has 2 rings (SSSR count). The summed E-state index contributed by atoms with van der Waals surface area (Å²) >= 11 is 0. The van der Waals surface area contributed by atoms with Crippen molar-refractivity contribution in [3.63, 3.8) is 0 Å². The SMILES string of the molecule is CNC1CCC[C@@H]2C[C@H]12. The van der Waals surface area contributed by atoms with Gasteiger partial charge in [-0.15, -0.1) is 0 Å². The van der Waals surface area contributed by atoms with Crippen molar-refractivity contribution in [1.82, 2.24) is 5.32 Å². The minimum atomic E-state index is 0.878. The fourth-order valence-electron chi connectivity index (χ4n) is 2.27. The Kier molecular flexibility index (Phi) is 1.26. The minimum Gasteiger partial charge on any atom is -0.317 e. The summed E-state index contributed by atoms with van der Waals surface area (Å²) < 4.78 is 0. The van der Waals surface area contributed by atoms with E-state index in [-0.39, 0.29) is 0 Å². The van der Waals surface area contributed by atoms with Crippen molar-refractivity contribution in [3.8, 4) is 0 Å². The highest BCUT2D eigenvalue weighted by Gasteiger charge is 2.44. The Morgan fingerprint density at radius 3 is 2.89 bits per heavy atom. The molecule has 2 saturated carbocycles. The summed E-state index contributed by atoms with van der Waals surface area (Å²) in [4.78, 5) is 0. The smallest absolute Gasteiger partial charge is 0.00950 e. The summed E-state index contributed by atoms with van der Waals surface area (Å²) in [6.07, 6.45) is 5.93. The van der Waals surface area contributed by atoms with Gasteiger partial charge in [0.2, 0.25) is 0 Å². The van der Waals surface area contributed by atoms with Gasteiger partial charge in [0.05, 0.1) is 0 Å². The first kappa shape index (κ1) is 5.72. The molecule has 2 aliphatic carbocycles. The fourth-order valence-corrected chi connectivity index (χ4v) is 2.27. The molecule has 9 heavy (non-hydrogen) atoms. The lowest BCUT2D eigenvalue weighted by Crippen LogP contribution is -2.30. The van der Waals surface area contributed by atoms with Gasteiger partial charge in [0.1, 0.15) is 0 Å². The first-order valence-corrected chi connectivity index (χ1v) is 4.09. The van der Waals surface area contributed by atoms with Crippen LogP contribution in [0.15, 0.2) is 0 Å². The van der Waals surface area contributed by atoms with Crippen molar-refractivity contribution < 1.29 is 0 Å². The number of hydrogen-bond donors (Lipinski definition) is 1. The highest BCUT2D eigenvalue weighted by molar-refractivity contribution is 4.97. The molecule has 2 fully saturated rings. The number of nitrogens with one attached hydrogen (secondary N) is 1. The molecular weight excluding hydrogens is 110 g/mol. The first-order valence-electron chi connectivity index (χ1n) is 4.09. The lowest BCUT2D eigenvalue weighted by molar-refractivity contribution is 0.373. The lowest BCUT2D eigenvalue weighted by Gasteiger charge is -2.19. The summed E-state index contributed by atoms with van der Waals surface area (Å²) in [5, 5.41) is 3.40. The molecule has 0 spiro atoms. The largest absolute Gasteiger partial charge is 0.317 e. The molecule has 0 saturated heterocycles. The maximum atomic E-state index is 3.40. The molecule has 1 unspecified atom stereocenters. The van der Waals surface area contributed by atoms with E-state index >= 15 is 0 Å². The van der Waals surface area contributed by atoms with Crippen molar-refractivity contribution >= 4 is 0 Å². The first-order chi connectivity index (χ1) is 4.42. The second kappa shape index (κ2) is 1.98. The van der Waals surface area contributed by atoms with Gasteiger partial charge in [0.15, 0.2) is 0 Å². The van der Waals surface area contributed by atoms with Gasteiger partial charge in [-0.25, -0.2) is 0 Å². The van der Waals surface area contributed by atoms with Gasteiger partial charge in [0.25, 0.3) is 0 Å². The van der Waals surface area contributed by atoms with Crippen LogP contribution in [0.3, 0.4) is 0 Å². The van der Waals surface area contributed by atoms with Gasteiger partial charge < -0.3 is 5.32 Å². The third-order valence-corrected chi connectivity index (χ3v) is 2.95. The van der Waals surface area contributed by atoms with Crippen LogP contribution in [0.5, 0.6) is 0 Å². The van der Waals surface area contributed by atoms with Crippen LogP contribution in [0, 0.1) is 11.8 Å². The van der Waals surface area contributed by atoms with E-state index in [4.69, 9.17) is 0 Å². The maximum Gasteiger partial charge on any atom is 0.00950 e. The molecule has 0 aliphatic heterocycles. The van der Waals surface area contributed by atoms with E-state index in [0.717, 1.165) is 17.9 Å². The Morgan fingerprint density at radius 1 is 1.33 bits per heavy atom. The van der Waals surface area contributed by atoms with Gasteiger partial charge in [-0.1, -0.05) is 12.8 Å². The van der Waals surface area contributed by atoms with Gasteiger partial charge in [-0.05, 0) is 31.7 Å². The van der Waals surface area contributed by atoms with Gasteiger partial charge in [-0.3, -0.25) is 0 Å². The molecule has 0 aromatic heterocycles. The minimum absolute atomic E-state index is 0.878. The zero-order chi connectivity index (χ0) is 6.27.